The van der Waals surface area contributed by atoms with Gasteiger partial charge >= 0.3 is 0 Å². The number of anilines is 1. The zero-order chi connectivity index (χ0) is 18.7. The van der Waals surface area contributed by atoms with Gasteiger partial charge in [0.2, 0.25) is 0 Å². The number of piperazine rings is 1. The van der Waals surface area contributed by atoms with Crippen LogP contribution in [-0.4, -0.2) is 57.4 Å². The number of hydrogen-bond acceptors (Lipinski definition) is 4. The number of nitrogens with one attached hydrogen (secondary N) is 1. The molecule has 3 rings (SSSR count). The van der Waals surface area contributed by atoms with Crippen molar-refractivity contribution in [3.05, 3.63) is 59.1 Å². The van der Waals surface area contributed by atoms with Crippen LogP contribution in [0.2, 0.25) is 5.02 Å². The van der Waals surface area contributed by atoms with Crippen molar-refractivity contribution in [2.24, 2.45) is 0 Å². The number of halogens is 1. The summed E-state index contributed by atoms with van der Waals surface area (Å²) in [6.07, 6.45) is 0. The molecule has 138 valence electrons. The van der Waals surface area contributed by atoms with Crippen molar-refractivity contribution in [3.63, 3.8) is 0 Å². The summed E-state index contributed by atoms with van der Waals surface area (Å²) < 4.78 is 27.7. The maximum atomic E-state index is 12.7. The Kier molecular flexibility index (Phi) is 5.50. The van der Waals surface area contributed by atoms with Crippen LogP contribution >= 0.6 is 11.6 Å². The molecule has 1 saturated heterocycles. The monoisotopic (exact) mass is 393 g/mol. The molecule has 1 fully saturated rings. The fourth-order valence-electron chi connectivity index (χ4n) is 2.75. The van der Waals surface area contributed by atoms with Crippen LogP contribution in [-0.2, 0) is 10.0 Å². The van der Waals surface area contributed by atoms with E-state index in [0.717, 1.165) is 13.1 Å². The summed E-state index contributed by atoms with van der Waals surface area (Å²) in [5.41, 5.74) is 0.733. The molecule has 1 N–H and O–H groups in total. The standard InChI is InChI=1S/C18H20ClN3O3S/c1-21-8-10-22(11-9-21)18(23)14-4-2-7-17(12-14)26(24,25)20-16-6-3-5-15(19)13-16/h2-7,12-13,20H,8-11H2,1H3. The van der Waals surface area contributed by atoms with Gasteiger partial charge in [-0.25, -0.2) is 8.42 Å². The Labute approximate surface area is 158 Å². The van der Waals surface area contributed by atoms with Gasteiger partial charge in [-0.15, -0.1) is 0 Å². The van der Waals surface area contributed by atoms with E-state index in [1.807, 2.05) is 7.05 Å². The molecule has 0 radical (unpaired) electrons. The van der Waals surface area contributed by atoms with Gasteiger partial charge in [-0.2, -0.15) is 0 Å². The van der Waals surface area contributed by atoms with Crippen molar-refractivity contribution in [3.8, 4) is 0 Å². The second kappa shape index (κ2) is 7.65. The van der Waals surface area contributed by atoms with Crippen LogP contribution in [0.5, 0.6) is 0 Å². The Balaban J connectivity index is 1.81. The number of likely N-dealkylation sites (N-methyl/N-ethyl adjacent to an activating group) is 1. The number of carbonyl (C=O) groups is 1. The van der Waals surface area contributed by atoms with E-state index < -0.39 is 10.0 Å². The summed E-state index contributed by atoms with van der Waals surface area (Å²) in [4.78, 5) is 16.6. The van der Waals surface area contributed by atoms with Crippen molar-refractivity contribution >= 4 is 33.2 Å². The summed E-state index contributed by atoms with van der Waals surface area (Å²) in [6.45, 7) is 2.88. The van der Waals surface area contributed by atoms with Gasteiger partial charge in [0, 0.05) is 36.8 Å². The third kappa shape index (κ3) is 4.35. The van der Waals surface area contributed by atoms with E-state index in [0.29, 0.717) is 29.4 Å². The van der Waals surface area contributed by atoms with E-state index in [1.54, 1.807) is 35.2 Å². The van der Waals surface area contributed by atoms with Gasteiger partial charge < -0.3 is 9.80 Å². The van der Waals surface area contributed by atoms with E-state index in [2.05, 4.69) is 9.62 Å². The molecule has 0 bridgehead atoms. The smallest absolute Gasteiger partial charge is 0.261 e. The number of sulfonamides is 1. The van der Waals surface area contributed by atoms with Crippen molar-refractivity contribution in [2.75, 3.05) is 37.9 Å². The lowest BCUT2D eigenvalue weighted by Crippen LogP contribution is -2.47. The van der Waals surface area contributed by atoms with Crippen molar-refractivity contribution in [1.82, 2.24) is 9.80 Å². The second-order valence-corrected chi connectivity index (χ2v) is 8.36. The van der Waals surface area contributed by atoms with Gasteiger partial charge in [-0.3, -0.25) is 9.52 Å². The third-order valence-corrected chi connectivity index (χ3v) is 5.87. The van der Waals surface area contributed by atoms with Crippen LogP contribution in [0.4, 0.5) is 5.69 Å². The van der Waals surface area contributed by atoms with Gasteiger partial charge in [-0.1, -0.05) is 23.7 Å². The highest BCUT2D eigenvalue weighted by atomic mass is 35.5. The Morgan fingerprint density at radius 3 is 2.42 bits per heavy atom. The molecule has 1 amide bonds. The Hall–Kier alpha value is -2.09. The minimum absolute atomic E-state index is 0.0393. The quantitative estimate of drug-likeness (QED) is 0.866. The van der Waals surface area contributed by atoms with Crippen molar-refractivity contribution in [2.45, 2.75) is 4.90 Å². The van der Waals surface area contributed by atoms with E-state index in [9.17, 15) is 13.2 Å². The molecule has 2 aromatic carbocycles. The lowest BCUT2D eigenvalue weighted by atomic mass is 10.2. The molecule has 0 saturated carbocycles. The van der Waals surface area contributed by atoms with E-state index in [4.69, 9.17) is 11.6 Å². The van der Waals surface area contributed by atoms with Crippen molar-refractivity contribution < 1.29 is 13.2 Å². The fourth-order valence-corrected chi connectivity index (χ4v) is 4.04. The molecule has 1 aliphatic heterocycles. The molecule has 2 aromatic rings. The molecule has 0 aromatic heterocycles. The average Bonchev–Trinajstić information content (AvgIpc) is 2.61. The first kappa shape index (κ1) is 18.7. The maximum absolute atomic E-state index is 12.7. The lowest BCUT2D eigenvalue weighted by Gasteiger charge is -2.32. The normalized spacial score (nSPS) is 15.7. The van der Waals surface area contributed by atoms with Gasteiger partial charge in [-0.05, 0) is 43.4 Å². The fraction of sp³-hybridized carbons (Fsp3) is 0.278. The van der Waals surface area contributed by atoms with Gasteiger partial charge in [0.15, 0.2) is 0 Å². The average molecular weight is 394 g/mol. The summed E-state index contributed by atoms with van der Waals surface area (Å²) >= 11 is 5.89. The van der Waals surface area contributed by atoms with E-state index in [-0.39, 0.29) is 10.8 Å². The summed E-state index contributed by atoms with van der Waals surface area (Å²) in [5, 5.41) is 0.434. The van der Waals surface area contributed by atoms with Gasteiger partial charge in [0.25, 0.3) is 15.9 Å². The topological polar surface area (TPSA) is 69.7 Å². The maximum Gasteiger partial charge on any atom is 0.261 e. The van der Waals surface area contributed by atoms with E-state index >= 15 is 0 Å². The SMILES string of the molecule is CN1CCN(C(=O)c2cccc(S(=O)(=O)Nc3cccc(Cl)c3)c2)CC1. The molecular weight excluding hydrogens is 374 g/mol. The predicted molar refractivity (Wildman–Crippen MR) is 102 cm³/mol. The second-order valence-electron chi connectivity index (χ2n) is 6.24. The Morgan fingerprint density at radius 2 is 1.73 bits per heavy atom. The zero-order valence-electron chi connectivity index (χ0n) is 14.4. The highest BCUT2D eigenvalue weighted by molar-refractivity contribution is 7.92. The molecule has 1 heterocycles. The van der Waals surface area contributed by atoms with Crippen LogP contribution in [0, 0.1) is 0 Å². The number of nitrogens with zero attached hydrogens (tertiary/aromatic N) is 2. The minimum atomic E-state index is -3.81. The number of rotatable bonds is 4. The van der Waals surface area contributed by atoms with Gasteiger partial charge in [0.05, 0.1) is 10.6 Å². The molecule has 0 atom stereocenters. The first-order chi connectivity index (χ1) is 12.3. The molecular formula is C18H20ClN3O3S. The Morgan fingerprint density at radius 1 is 1.04 bits per heavy atom. The number of hydrogen-bond donors (Lipinski definition) is 1. The first-order valence-electron chi connectivity index (χ1n) is 8.21. The third-order valence-electron chi connectivity index (χ3n) is 4.26. The van der Waals surface area contributed by atoms with Crippen LogP contribution < -0.4 is 4.72 Å². The van der Waals surface area contributed by atoms with E-state index in [1.165, 1.54) is 18.2 Å². The zero-order valence-corrected chi connectivity index (χ0v) is 15.9. The highest BCUT2D eigenvalue weighted by Gasteiger charge is 2.22. The molecule has 6 nitrogen and oxygen atoms in total. The van der Waals surface area contributed by atoms with Crippen LogP contribution in [0.3, 0.4) is 0 Å². The first-order valence-corrected chi connectivity index (χ1v) is 10.1. The summed E-state index contributed by atoms with van der Waals surface area (Å²) in [7, 11) is -1.80. The van der Waals surface area contributed by atoms with Gasteiger partial charge in [0.1, 0.15) is 0 Å². The number of benzene rings is 2. The minimum Gasteiger partial charge on any atom is -0.336 e. The van der Waals surface area contributed by atoms with Crippen LogP contribution in [0.15, 0.2) is 53.4 Å². The molecule has 26 heavy (non-hydrogen) atoms. The summed E-state index contributed by atoms with van der Waals surface area (Å²) in [6, 6.07) is 12.6. The molecule has 1 aliphatic rings. The summed E-state index contributed by atoms with van der Waals surface area (Å²) in [5.74, 6) is -0.155. The number of amides is 1. The molecule has 0 spiro atoms. The van der Waals surface area contributed by atoms with Crippen LogP contribution in [0.1, 0.15) is 10.4 Å². The Bertz CT molecular complexity index is 909. The molecule has 0 unspecified atom stereocenters. The highest BCUT2D eigenvalue weighted by Crippen LogP contribution is 2.20. The largest absolute Gasteiger partial charge is 0.336 e. The predicted octanol–water partition coefficient (Wildman–Crippen LogP) is 2.53. The lowest BCUT2D eigenvalue weighted by molar-refractivity contribution is 0.0664. The molecule has 8 heteroatoms. The van der Waals surface area contributed by atoms with Crippen LogP contribution in [0.25, 0.3) is 0 Å². The molecule has 0 aliphatic carbocycles. The number of carbonyl (C=O) groups excluding carboxylic acids is 1. The van der Waals surface area contributed by atoms with Crippen molar-refractivity contribution in [1.29, 1.82) is 0 Å².